The van der Waals surface area contributed by atoms with Gasteiger partial charge in [-0.1, -0.05) is 22.0 Å². The molecule has 0 spiro atoms. The van der Waals surface area contributed by atoms with Crippen molar-refractivity contribution in [1.29, 1.82) is 0 Å². The molecule has 5 heteroatoms. The largest absolute Gasteiger partial charge is 0.349 e. The van der Waals surface area contributed by atoms with E-state index >= 15 is 0 Å². The first-order valence-corrected chi connectivity index (χ1v) is 6.44. The number of imidazole rings is 1. The van der Waals surface area contributed by atoms with Crippen LogP contribution in [0.2, 0.25) is 0 Å². The minimum absolute atomic E-state index is 0.00294. The van der Waals surface area contributed by atoms with Crippen LogP contribution in [-0.2, 0) is 17.8 Å². The van der Waals surface area contributed by atoms with Crippen LogP contribution in [0, 0.1) is 6.92 Å². The number of hydrogen-bond donors (Lipinski definition) is 2. The van der Waals surface area contributed by atoms with Gasteiger partial charge in [-0.15, -0.1) is 0 Å². The van der Waals surface area contributed by atoms with Crippen molar-refractivity contribution in [3.8, 4) is 0 Å². The second-order valence-corrected chi connectivity index (χ2v) is 4.98. The van der Waals surface area contributed by atoms with E-state index in [0.717, 1.165) is 21.4 Å². The zero-order chi connectivity index (χ0) is 13.0. The van der Waals surface area contributed by atoms with Crippen molar-refractivity contribution in [1.82, 2.24) is 15.3 Å². The van der Waals surface area contributed by atoms with Gasteiger partial charge in [-0.05, 0) is 30.2 Å². The van der Waals surface area contributed by atoms with E-state index in [1.54, 1.807) is 12.4 Å². The van der Waals surface area contributed by atoms with Crippen LogP contribution >= 0.6 is 15.9 Å². The van der Waals surface area contributed by atoms with Crippen LogP contribution < -0.4 is 5.32 Å². The van der Waals surface area contributed by atoms with Gasteiger partial charge < -0.3 is 10.3 Å². The van der Waals surface area contributed by atoms with E-state index in [9.17, 15) is 4.79 Å². The molecule has 2 N–H and O–H groups in total. The summed E-state index contributed by atoms with van der Waals surface area (Å²) in [5, 5.41) is 2.83. The van der Waals surface area contributed by atoms with Crippen molar-refractivity contribution >= 4 is 21.8 Å². The third-order valence-corrected chi connectivity index (χ3v) is 3.16. The molecule has 0 radical (unpaired) electrons. The van der Waals surface area contributed by atoms with Crippen molar-refractivity contribution in [2.24, 2.45) is 0 Å². The highest BCUT2D eigenvalue weighted by Gasteiger charge is 2.06. The second kappa shape index (κ2) is 5.82. The second-order valence-electron chi connectivity index (χ2n) is 4.06. The van der Waals surface area contributed by atoms with Crippen molar-refractivity contribution < 1.29 is 4.79 Å². The Kier molecular flexibility index (Phi) is 4.15. The Hall–Kier alpha value is -1.62. The lowest BCUT2D eigenvalue weighted by molar-refractivity contribution is -0.120. The van der Waals surface area contributed by atoms with E-state index in [-0.39, 0.29) is 5.91 Å². The highest BCUT2D eigenvalue weighted by molar-refractivity contribution is 9.10. The van der Waals surface area contributed by atoms with E-state index < -0.39 is 0 Å². The molecule has 0 aliphatic carbocycles. The molecule has 1 aromatic heterocycles. The number of aromatic nitrogens is 2. The van der Waals surface area contributed by atoms with Crippen molar-refractivity contribution in [2.75, 3.05) is 0 Å². The maximum atomic E-state index is 11.8. The van der Waals surface area contributed by atoms with E-state index in [0.29, 0.717) is 13.0 Å². The van der Waals surface area contributed by atoms with E-state index in [1.165, 1.54) is 0 Å². The number of hydrogen-bond acceptors (Lipinski definition) is 2. The summed E-state index contributed by atoms with van der Waals surface area (Å²) >= 11 is 3.41. The minimum atomic E-state index is -0.00294. The topological polar surface area (TPSA) is 57.8 Å². The van der Waals surface area contributed by atoms with Gasteiger partial charge in [0.2, 0.25) is 5.91 Å². The number of benzene rings is 1. The van der Waals surface area contributed by atoms with Gasteiger partial charge in [-0.3, -0.25) is 4.79 Å². The number of amides is 1. The van der Waals surface area contributed by atoms with Crippen LogP contribution in [0.5, 0.6) is 0 Å². The van der Waals surface area contributed by atoms with Gasteiger partial charge in [0.15, 0.2) is 0 Å². The number of aryl methyl sites for hydroxylation is 1. The summed E-state index contributed by atoms with van der Waals surface area (Å²) in [5.74, 6) is 0.757. The molecule has 0 bridgehead atoms. The molecule has 4 nitrogen and oxygen atoms in total. The first-order chi connectivity index (χ1) is 8.65. The Morgan fingerprint density at radius 3 is 3.00 bits per heavy atom. The summed E-state index contributed by atoms with van der Waals surface area (Å²) in [6.45, 7) is 2.43. The molecule has 0 saturated heterocycles. The first-order valence-electron chi connectivity index (χ1n) is 5.65. The lowest BCUT2D eigenvalue weighted by Crippen LogP contribution is -2.25. The predicted molar refractivity (Wildman–Crippen MR) is 73.0 cm³/mol. The fourth-order valence-electron chi connectivity index (χ4n) is 1.67. The van der Waals surface area contributed by atoms with Gasteiger partial charge in [0, 0.05) is 16.9 Å². The molecule has 0 fully saturated rings. The number of carbonyl (C=O) groups excluding carboxylic acids is 1. The number of nitrogens with one attached hydrogen (secondary N) is 2. The van der Waals surface area contributed by atoms with Crippen molar-refractivity contribution in [2.45, 2.75) is 19.9 Å². The number of carbonyl (C=O) groups is 1. The molecule has 2 aromatic rings. The van der Waals surface area contributed by atoms with Crippen LogP contribution in [0.1, 0.15) is 17.0 Å². The number of nitrogens with zero attached hydrogens (tertiary/aromatic N) is 1. The maximum absolute atomic E-state index is 11.8. The number of H-pyrrole nitrogens is 1. The quantitative estimate of drug-likeness (QED) is 0.911. The third-order valence-electron chi connectivity index (χ3n) is 2.66. The predicted octanol–water partition coefficient (Wildman–Crippen LogP) is 2.34. The molecule has 0 aliphatic heterocycles. The molecule has 0 unspecified atom stereocenters. The van der Waals surface area contributed by atoms with Gasteiger partial charge in [0.05, 0.1) is 13.0 Å². The van der Waals surface area contributed by atoms with E-state index in [1.807, 2.05) is 25.1 Å². The molecular formula is C13H14BrN3O. The normalized spacial score (nSPS) is 10.3. The highest BCUT2D eigenvalue weighted by atomic mass is 79.9. The molecule has 18 heavy (non-hydrogen) atoms. The summed E-state index contributed by atoms with van der Waals surface area (Å²) in [6.07, 6.45) is 3.79. The van der Waals surface area contributed by atoms with Crippen molar-refractivity contribution in [3.63, 3.8) is 0 Å². The van der Waals surface area contributed by atoms with Crippen LogP contribution in [-0.4, -0.2) is 15.9 Å². The molecule has 1 aromatic carbocycles. The fourth-order valence-corrected chi connectivity index (χ4v) is 2.15. The molecule has 94 valence electrons. The standard InChI is InChI=1S/C13H14BrN3O/c1-9-6-11(14)3-2-10(9)7-13(18)17-8-12-15-4-5-16-12/h2-6H,7-8H2,1H3,(H,15,16)(H,17,18). The van der Waals surface area contributed by atoms with Gasteiger partial charge >= 0.3 is 0 Å². The van der Waals surface area contributed by atoms with Gasteiger partial charge in [0.1, 0.15) is 5.82 Å². The average molecular weight is 308 g/mol. The van der Waals surface area contributed by atoms with E-state index in [2.05, 4.69) is 31.2 Å². The zero-order valence-corrected chi connectivity index (χ0v) is 11.6. The fraction of sp³-hybridized carbons (Fsp3) is 0.231. The molecule has 0 atom stereocenters. The number of halogens is 1. The summed E-state index contributed by atoms with van der Waals surface area (Å²) in [6, 6.07) is 5.92. The van der Waals surface area contributed by atoms with Gasteiger partial charge in [-0.25, -0.2) is 4.98 Å². The summed E-state index contributed by atoms with van der Waals surface area (Å²) in [4.78, 5) is 18.8. The smallest absolute Gasteiger partial charge is 0.224 e. The summed E-state index contributed by atoms with van der Waals surface area (Å²) < 4.78 is 1.03. The Bertz CT molecular complexity index is 537. The molecule has 0 aliphatic rings. The van der Waals surface area contributed by atoms with Crippen molar-refractivity contribution in [3.05, 3.63) is 52.0 Å². The molecule has 2 rings (SSSR count). The lowest BCUT2D eigenvalue weighted by atomic mass is 10.1. The first kappa shape index (κ1) is 12.8. The van der Waals surface area contributed by atoms with Crippen LogP contribution in [0.4, 0.5) is 0 Å². The third kappa shape index (κ3) is 3.43. The summed E-state index contributed by atoms with van der Waals surface area (Å²) in [5.41, 5.74) is 2.15. The Balaban J connectivity index is 1.91. The lowest BCUT2D eigenvalue weighted by Gasteiger charge is -2.07. The highest BCUT2D eigenvalue weighted by Crippen LogP contribution is 2.16. The monoisotopic (exact) mass is 307 g/mol. The number of rotatable bonds is 4. The molecular weight excluding hydrogens is 294 g/mol. The van der Waals surface area contributed by atoms with Gasteiger partial charge in [0.25, 0.3) is 0 Å². The Morgan fingerprint density at radius 2 is 2.33 bits per heavy atom. The molecule has 1 heterocycles. The zero-order valence-electron chi connectivity index (χ0n) is 10.0. The van der Waals surface area contributed by atoms with E-state index in [4.69, 9.17) is 0 Å². The Morgan fingerprint density at radius 1 is 1.50 bits per heavy atom. The molecule has 1 amide bonds. The Labute approximate surface area is 114 Å². The minimum Gasteiger partial charge on any atom is -0.349 e. The maximum Gasteiger partial charge on any atom is 0.224 e. The summed E-state index contributed by atoms with van der Waals surface area (Å²) in [7, 11) is 0. The van der Waals surface area contributed by atoms with Crippen LogP contribution in [0.15, 0.2) is 35.1 Å². The average Bonchev–Trinajstić information content (AvgIpc) is 2.83. The molecule has 0 saturated carbocycles. The SMILES string of the molecule is Cc1cc(Br)ccc1CC(=O)NCc1ncc[nH]1. The van der Waals surface area contributed by atoms with Crippen LogP contribution in [0.3, 0.4) is 0 Å². The van der Waals surface area contributed by atoms with Gasteiger partial charge in [-0.2, -0.15) is 0 Å². The number of aromatic amines is 1. The van der Waals surface area contributed by atoms with Crippen LogP contribution in [0.25, 0.3) is 0 Å².